The van der Waals surface area contributed by atoms with Crippen LogP contribution in [0.1, 0.15) is 47.8 Å². The number of aromatic nitrogens is 2. The molecule has 1 aromatic heterocycles. The number of sulfonamides is 1. The topological polar surface area (TPSA) is 144 Å². The van der Waals surface area contributed by atoms with E-state index in [1.807, 2.05) is 56.3 Å². The summed E-state index contributed by atoms with van der Waals surface area (Å²) in [5, 5.41) is 6.89. The van der Waals surface area contributed by atoms with E-state index in [9.17, 15) is 22.8 Å². The van der Waals surface area contributed by atoms with Gasteiger partial charge in [0.1, 0.15) is 0 Å². The van der Waals surface area contributed by atoms with Gasteiger partial charge in [-0.15, -0.1) is 0 Å². The monoisotopic (exact) mass is 559 g/mol. The molecule has 206 valence electrons. The van der Waals surface area contributed by atoms with Crippen molar-refractivity contribution in [1.29, 1.82) is 0 Å². The van der Waals surface area contributed by atoms with Crippen LogP contribution in [0.2, 0.25) is 0 Å². The molecule has 1 aliphatic rings. The predicted octanol–water partition coefficient (Wildman–Crippen LogP) is 3.85. The Hall–Kier alpha value is -4.51. The number of imide groups is 1. The van der Waals surface area contributed by atoms with E-state index in [1.165, 1.54) is 25.2 Å². The Morgan fingerprint density at radius 3 is 2.48 bits per heavy atom. The van der Waals surface area contributed by atoms with E-state index in [0.717, 1.165) is 21.2 Å². The number of nitrogens with two attached hydrogens (primary N) is 1. The lowest BCUT2D eigenvalue weighted by Crippen LogP contribution is -2.42. The zero-order valence-electron chi connectivity index (χ0n) is 22.3. The molecule has 1 atom stereocenters. The number of fused-ring (bicyclic) bond motifs is 2. The third-order valence-corrected chi connectivity index (χ3v) is 8.36. The summed E-state index contributed by atoms with van der Waals surface area (Å²) in [6.45, 7) is 4.26. The van der Waals surface area contributed by atoms with Gasteiger partial charge in [-0.25, -0.2) is 17.9 Å². The van der Waals surface area contributed by atoms with E-state index >= 15 is 0 Å². The number of amides is 4. The zero-order valence-corrected chi connectivity index (χ0v) is 23.1. The van der Waals surface area contributed by atoms with Gasteiger partial charge in [-0.3, -0.25) is 19.2 Å². The van der Waals surface area contributed by atoms with Crippen molar-refractivity contribution in [2.45, 2.75) is 37.6 Å². The lowest BCUT2D eigenvalue weighted by Gasteiger charge is -2.28. The van der Waals surface area contributed by atoms with E-state index in [4.69, 9.17) is 10.8 Å². The standard InChI is InChI=1S/C29H29N5O5S/c1-17(2)14-23-25-24(28(36)33(3)27(23)35)26(19-10-7-12-21(15-19)40(38,39)32-29(30)37)34(31-25)16-20-11-6-9-18-8-4-5-13-22(18)20/h4-13,15,17,23H,14,16H2,1-3H3,(H3,30,32,37). The highest BCUT2D eigenvalue weighted by Crippen LogP contribution is 2.39. The van der Waals surface area contributed by atoms with E-state index in [-0.39, 0.29) is 28.8 Å². The molecule has 0 spiro atoms. The van der Waals surface area contributed by atoms with Crippen LogP contribution >= 0.6 is 0 Å². The number of hydrogen-bond acceptors (Lipinski definition) is 6. The van der Waals surface area contributed by atoms with E-state index in [1.54, 1.807) is 15.5 Å². The Bertz CT molecular complexity index is 1770. The maximum absolute atomic E-state index is 13.6. The zero-order chi connectivity index (χ0) is 28.8. The molecule has 5 rings (SSSR count). The van der Waals surface area contributed by atoms with Crippen LogP contribution in [0, 0.1) is 5.92 Å². The maximum Gasteiger partial charge on any atom is 0.326 e. The molecule has 40 heavy (non-hydrogen) atoms. The summed E-state index contributed by atoms with van der Waals surface area (Å²) in [6, 6.07) is 18.5. The van der Waals surface area contributed by atoms with Crippen molar-refractivity contribution in [2.75, 3.05) is 7.05 Å². The Morgan fingerprint density at radius 2 is 1.75 bits per heavy atom. The molecule has 3 N–H and O–H groups in total. The minimum Gasteiger partial charge on any atom is -0.351 e. The number of carbonyl (C=O) groups excluding carboxylic acids is 3. The second-order valence-electron chi connectivity index (χ2n) is 10.3. The van der Waals surface area contributed by atoms with Crippen LogP contribution in [0.25, 0.3) is 22.0 Å². The average Bonchev–Trinajstić information content (AvgIpc) is 3.28. The molecule has 4 aromatic rings. The van der Waals surface area contributed by atoms with Crippen molar-refractivity contribution in [1.82, 2.24) is 19.4 Å². The van der Waals surface area contributed by atoms with Gasteiger partial charge in [0.15, 0.2) is 0 Å². The molecule has 0 aliphatic carbocycles. The molecule has 0 radical (unpaired) electrons. The van der Waals surface area contributed by atoms with Crippen LogP contribution in [0.15, 0.2) is 71.6 Å². The van der Waals surface area contributed by atoms with Gasteiger partial charge in [0.25, 0.3) is 15.9 Å². The van der Waals surface area contributed by atoms with Crippen molar-refractivity contribution in [3.05, 3.63) is 83.6 Å². The van der Waals surface area contributed by atoms with Crippen LogP contribution in [-0.4, -0.2) is 48.0 Å². The van der Waals surface area contributed by atoms with Gasteiger partial charge in [-0.2, -0.15) is 5.10 Å². The summed E-state index contributed by atoms with van der Waals surface area (Å²) >= 11 is 0. The molecular weight excluding hydrogens is 530 g/mol. The van der Waals surface area contributed by atoms with E-state index in [2.05, 4.69) is 0 Å². The molecule has 0 saturated heterocycles. The van der Waals surface area contributed by atoms with Crippen molar-refractivity contribution >= 4 is 38.6 Å². The van der Waals surface area contributed by atoms with E-state index in [0.29, 0.717) is 23.4 Å². The highest BCUT2D eigenvalue weighted by molar-refractivity contribution is 7.90. The largest absolute Gasteiger partial charge is 0.351 e. The fraction of sp³-hybridized carbons (Fsp3) is 0.241. The summed E-state index contributed by atoms with van der Waals surface area (Å²) < 4.78 is 28.9. The fourth-order valence-corrected chi connectivity index (χ4v) is 6.16. The number of likely N-dealkylation sites (N-methyl/N-ethyl adjacent to an activating group) is 1. The molecule has 0 bridgehead atoms. The predicted molar refractivity (Wildman–Crippen MR) is 150 cm³/mol. The lowest BCUT2D eigenvalue weighted by atomic mass is 9.86. The van der Waals surface area contributed by atoms with Crippen LogP contribution in [0.3, 0.4) is 0 Å². The van der Waals surface area contributed by atoms with Gasteiger partial charge in [-0.1, -0.05) is 68.4 Å². The lowest BCUT2D eigenvalue weighted by molar-refractivity contribution is -0.130. The minimum atomic E-state index is -4.26. The minimum absolute atomic E-state index is 0.156. The Labute approximate surface area is 231 Å². The maximum atomic E-state index is 13.6. The number of benzene rings is 3. The molecule has 0 fully saturated rings. The first-order chi connectivity index (χ1) is 19.0. The second-order valence-corrected chi connectivity index (χ2v) is 12.0. The number of urea groups is 1. The summed E-state index contributed by atoms with van der Waals surface area (Å²) in [5.74, 6) is -1.31. The van der Waals surface area contributed by atoms with Gasteiger partial charge in [0.2, 0.25) is 5.91 Å². The van der Waals surface area contributed by atoms with Gasteiger partial charge < -0.3 is 5.73 Å². The van der Waals surface area contributed by atoms with Gasteiger partial charge in [0.05, 0.1) is 34.3 Å². The highest BCUT2D eigenvalue weighted by Gasteiger charge is 2.42. The van der Waals surface area contributed by atoms with Crippen LogP contribution in [-0.2, 0) is 21.4 Å². The molecule has 0 saturated carbocycles. The molecule has 4 amide bonds. The third kappa shape index (κ3) is 4.84. The van der Waals surface area contributed by atoms with Crippen molar-refractivity contribution in [3.8, 4) is 11.3 Å². The number of nitrogens with zero attached hydrogens (tertiary/aromatic N) is 3. The Morgan fingerprint density at radius 1 is 1.05 bits per heavy atom. The molecule has 1 unspecified atom stereocenters. The summed E-state index contributed by atoms with van der Waals surface area (Å²) in [6.07, 6.45) is 0.491. The first-order valence-electron chi connectivity index (χ1n) is 12.8. The molecule has 2 heterocycles. The number of carbonyl (C=O) groups is 3. The second kappa shape index (κ2) is 10.2. The first kappa shape index (κ1) is 27.1. The highest BCUT2D eigenvalue weighted by atomic mass is 32.2. The molecule has 10 nitrogen and oxygen atoms in total. The van der Waals surface area contributed by atoms with Crippen molar-refractivity contribution in [3.63, 3.8) is 0 Å². The Kier molecular flexibility index (Phi) is 6.92. The van der Waals surface area contributed by atoms with Crippen LogP contribution < -0.4 is 10.5 Å². The van der Waals surface area contributed by atoms with Crippen molar-refractivity contribution in [2.24, 2.45) is 11.7 Å². The van der Waals surface area contributed by atoms with Crippen LogP contribution in [0.4, 0.5) is 4.79 Å². The molecular formula is C29H29N5O5S. The number of nitrogens with one attached hydrogen (secondary N) is 1. The summed E-state index contributed by atoms with van der Waals surface area (Å²) in [5.41, 5.74) is 7.41. The third-order valence-electron chi connectivity index (χ3n) is 7.02. The molecule has 11 heteroatoms. The van der Waals surface area contributed by atoms with Gasteiger partial charge in [0, 0.05) is 12.6 Å². The number of rotatable bonds is 7. The SMILES string of the molecule is CC(C)CC1C(=O)N(C)C(=O)c2c1nn(Cc1cccc3ccccc13)c2-c1cccc(S(=O)(=O)NC(N)=O)c1. The van der Waals surface area contributed by atoms with Gasteiger partial charge >= 0.3 is 6.03 Å². The molecule has 1 aliphatic heterocycles. The number of primary amides is 1. The molecule has 3 aromatic carbocycles. The fourth-order valence-electron chi connectivity index (χ4n) is 5.24. The Balaban J connectivity index is 1.76. The normalized spacial score (nSPS) is 15.5. The number of hydrogen-bond donors (Lipinski definition) is 2. The summed E-state index contributed by atoms with van der Waals surface area (Å²) in [7, 11) is -2.81. The van der Waals surface area contributed by atoms with E-state index < -0.39 is 27.9 Å². The first-order valence-corrected chi connectivity index (χ1v) is 14.3. The summed E-state index contributed by atoms with van der Waals surface area (Å²) in [4.78, 5) is 39.1. The van der Waals surface area contributed by atoms with Crippen LogP contribution in [0.5, 0.6) is 0 Å². The smallest absolute Gasteiger partial charge is 0.326 e. The van der Waals surface area contributed by atoms with Crippen molar-refractivity contribution < 1.29 is 22.8 Å². The average molecular weight is 560 g/mol. The van der Waals surface area contributed by atoms with Gasteiger partial charge in [-0.05, 0) is 40.8 Å². The quantitative estimate of drug-likeness (QED) is 0.329.